The lowest BCUT2D eigenvalue weighted by Crippen LogP contribution is -2.27. The van der Waals surface area contributed by atoms with E-state index in [1.807, 2.05) is 24.3 Å². The maximum atomic E-state index is 12.4. The summed E-state index contributed by atoms with van der Waals surface area (Å²) in [5, 5.41) is 0. The van der Waals surface area contributed by atoms with E-state index < -0.39 is 11.4 Å². The van der Waals surface area contributed by atoms with E-state index in [0.717, 1.165) is 6.42 Å². The fourth-order valence-electron chi connectivity index (χ4n) is 2.38. The molecule has 0 saturated heterocycles. The van der Waals surface area contributed by atoms with Crippen LogP contribution >= 0.6 is 0 Å². The van der Waals surface area contributed by atoms with Crippen LogP contribution < -0.4 is 0 Å². The van der Waals surface area contributed by atoms with Gasteiger partial charge in [0, 0.05) is 5.56 Å². The minimum absolute atomic E-state index is 0.101. The van der Waals surface area contributed by atoms with Gasteiger partial charge >= 0.3 is 5.97 Å². The Bertz CT molecular complexity index is 481. The molecular weight excluding hydrogens is 240 g/mol. The number of rotatable bonds is 5. The molecule has 3 nitrogen and oxygen atoms in total. The Hall–Kier alpha value is -1.64. The minimum Gasteiger partial charge on any atom is -0.468 e. The van der Waals surface area contributed by atoms with Crippen LogP contribution in [0, 0.1) is 11.3 Å². The smallest absolute Gasteiger partial charge is 0.319 e. The van der Waals surface area contributed by atoms with E-state index in [4.69, 9.17) is 4.74 Å². The van der Waals surface area contributed by atoms with Gasteiger partial charge in [0.15, 0.2) is 5.78 Å². The van der Waals surface area contributed by atoms with E-state index >= 15 is 0 Å². The molecular formula is C16H20O3. The normalized spacial score (nSPS) is 16.2. The zero-order valence-electron chi connectivity index (χ0n) is 11.7. The van der Waals surface area contributed by atoms with Gasteiger partial charge < -0.3 is 4.74 Å². The molecule has 19 heavy (non-hydrogen) atoms. The highest BCUT2D eigenvalue weighted by molar-refractivity contribution is 6.14. The van der Waals surface area contributed by atoms with Gasteiger partial charge in [-0.2, -0.15) is 0 Å². The van der Waals surface area contributed by atoms with Crippen molar-refractivity contribution in [2.24, 2.45) is 11.3 Å². The topological polar surface area (TPSA) is 43.4 Å². The molecule has 0 aromatic heterocycles. The average Bonchev–Trinajstić information content (AvgIpc) is 3.18. The van der Waals surface area contributed by atoms with Crippen LogP contribution in [0.1, 0.15) is 42.6 Å². The van der Waals surface area contributed by atoms with Gasteiger partial charge in [0.05, 0.1) is 7.11 Å². The van der Waals surface area contributed by atoms with Crippen LogP contribution in [0.15, 0.2) is 24.3 Å². The second-order valence-corrected chi connectivity index (χ2v) is 5.70. The van der Waals surface area contributed by atoms with Gasteiger partial charge in [0.2, 0.25) is 0 Å². The summed E-state index contributed by atoms with van der Waals surface area (Å²) >= 11 is 0. The van der Waals surface area contributed by atoms with Gasteiger partial charge in [-0.25, -0.2) is 0 Å². The van der Waals surface area contributed by atoms with E-state index in [1.54, 1.807) is 0 Å². The van der Waals surface area contributed by atoms with Crippen molar-refractivity contribution < 1.29 is 14.3 Å². The summed E-state index contributed by atoms with van der Waals surface area (Å²) in [6.45, 7) is 4.32. The molecule has 0 radical (unpaired) electrons. The zero-order chi connectivity index (χ0) is 14.0. The molecule has 1 aromatic carbocycles. The highest BCUT2D eigenvalue weighted by Crippen LogP contribution is 2.49. The summed E-state index contributed by atoms with van der Waals surface area (Å²) in [6, 6.07) is 7.59. The molecule has 0 N–H and O–H groups in total. The molecule has 3 heteroatoms. The molecule has 1 aromatic rings. The fourth-order valence-corrected chi connectivity index (χ4v) is 2.38. The summed E-state index contributed by atoms with van der Waals surface area (Å²) in [5.74, 6) is 0.0885. The van der Waals surface area contributed by atoms with Crippen molar-refractivity contribution in [2.45, 2.75) is 33.1 Å². The molecule has 0 heterocycles. The summed E-state index contributed by atoms with van der Waals surface area (Å²) in [7, 11) is 1.33. The highest BCUT2D eigenvalue weighted by atomic mass is 16.5. The molecule has 1 aliphatic rings. The van der Waals surface area contributed by atoms with Crippen LogP contribution in [0.5, 0.6) is 0 Å². The van der Waals surface area contributed by atoms with Crippen LogP contribution in [-0.4, -0.2) is 18.9 Å². The third kappa shape index (κ3) is 2.70. The van der Waals surface area contributed by atoms with Crippen LogP contribution in [0.4, 0.5) is 0 Å². The van der Waals surface area contributed by atoms with Crippen LogP contribution in [-0.2, 0) is 16.0 Å². The number of carbonyl (C=O) groups is 2. The minimum atomic E-state index is -0.895. The predicted molar refractivity (Wildman–Crippen MR) is 73.0 cm³/mol. The lowest BCUT2D eigenvalue weighted by atomic mass is 9.93. The standard InChI is InChI=1S/C16H20O3/c1-11(2)10-12-4-6-13(7-5-12)14(17)16(8-9-16)15(18)19-3/h4-7,11H,8-10H2,1-3H3. The Morgan fingerprint density at radius 1 is 1.21 bits per heavy atom. The Balaban J connectivity index is 2.14. The molecule has 102 valence electrons. The molecule has 0 spiro atoms. The van der Waals surface area contributed by atoms with Crippen LogP contribution in [0.25, 0.3) is 0 Å². The highest BCUT2D eigenvalue weighted by Gasteiger charge is 2.57. The van der Waals surface area contributed by atoms with Crippen molar-refractivity contribution in [3.63, 3.8) is 0 Å². The fraction of sp³-hybridized carbons (Fsp3) is 0.500. The summed E-state index contributed by atoms with van der Waals surface area (Å²) in [5.41, 5.74) is 0.929. The number of benzene rings is 1. The molecule has 0 bridgehead atoms. The van der Waals surface area contributed by atoms with Crippen LogP contribution in [0.3, 0.4) is 0 Å². The summed E-state index contributed by atoms with van der Waals surface area (Å²) in [6.07, 6.45) is 2.20. The molecule has 0 aliphatic heterocycles. The van der Waals surface area contributed by atoms with Gasteiger partial charge in [0.25, 0.3) is 0 Å². The second kappa shape index (κ2) is 5.16. The number of Topliss-reactive ketones (excluding diaryl/α,β-unsaturated/α-hetero) is 1. The van der Waals surface area contributed by atoms with Crippen molar-refractivity contribution in [3.05, 3.63) is 35.4 Å². The van der Waals surface area contributed by atoms with Crippen molar-refractivity contribution in [1.29, 1.82) is 0 Å². The predicted octanol–water partition coefficient (Wildman–Crippen LogP) is 3.02. The number of esters is 1. The number of carbonyl (C=O) groups excluding carboxylic acids is 2. The first-order valence-corrected chi connectivity index (χ1v) is 6.72. The van der Waals surface area contributed by atoms with Crippen molar-refractivity contribution in [3.8, 4) is 0 Å². The number of hydrogen-bond acceptors (Lipinski definition) is 3. The van der Waals surface area contributed by atoms with Crippen molar-refractivity contribution >= 4 is 11.8 Å². The van der Waals surface area contributed by atoms with Gasteiger partial charge in [0.1, 0.15) is 5.41 Å². The van der Waals surface area contributed by atoms with E-state index in [1.165, 1.54) is 12.7 Å². The lowest BCUT2D eigenvalue weighted by molar-refractivity contribution is -0.145. The number of ketones is 1. The maximum Gasteiger partial charge on any atom is 0.319 e. The van der Waals surface area contributed by atoms with E-state index in [9.17, 15) is 9.59 Å². The summed E-state index contributed by atoms with van der Waals surface area (Å²) < 4.78 is 4.74. The van der Waals surface area contributed by atoms with E-state index in [2.05, 4.69) is 13.8 Å². The molecule has 1 saturated carbocycles. The van der Waals surface area contributed by atoms with Crippen molar-refractivity contribution in [2.75, 3.05) is 7.11 Å². The first-order chi connectivity index (χ1) is 8.99. The first kappa shape index (κ1) is 13.8. The molecule has 2 rings (SSSR count). The van der Waals surface area contributed by atoms with Gasteiger partial charge in [-0.05, 0) is 30.7 Å². The molecule has 0 amide bonds. The van der Waals surface area contributed by atoms with Gasteiger partial charge in [-0.1, -0.05) is 38.1 Å². The molecule has 1 aliphatic carbocycles. The largest absolute Gasteiger partial charge is 0.468 e. The Morgan fingerprint density at radius 3 is 2.21 bits per heavy atom. The Labute approximate surface area is 114 Å². The molecule has 0 atom stereocenters. The van der Waals surface area contributed by atoms with Crippen LogP contribution in [0.2, 0.25) is 0 Å². The quantitative estimate of drug-likeness (QED) is 0.464. The first-order valence-electron chi connectivity index (χ1n) is 6.72. The Kier molecular flexibility index (Phi) is 3.74. The lowest BCUT2D eigenvalue weighted by Gasteiger charge is -2.12. The number of methoxy groups -OCH3 is 1. The van der Waals surface area contributed by atoms with Gasteiger partial charge in [-0.15, -0.1) is 0 Å². The van der Waals surface area contributed by atoms with E-state index in [0.29, 0.717) is 24.3 Å². The monoisotopic (exact) mass is 260 g/mol. The van der Waals surface area contributed by atoms with Crippen molar-refractivity contribution in [1.82, 2.24) is 0 Å². The number of ether oxygens (including phenoxy) is 1. The maximum absolute atomic E-state index is 12.4. The van der Waals surface area contributed by atoms with Gasteiger partial charge in [-0.3, -0.25) is 9.59 Å². The molecule has 0 unspecified atom stereocenters. The van der Waals surface area contributed by atoms with E-state index in [-0.39, 0.29) is 5.78 Å². The summed E-state index contributed by atoms with van der Waals surface area (Å²) in [4.78, 5) is 24.0. The Morgan fingerprint density at radius 2 is 1.79 bits per heavy atom. The second-order valence-electron chi connectivity index (χ2n) is 5.70. The molecule has 1 fully saturated rings. The third-order valence-electron chi connectivity index (χ3n) is 3.62. The number of hydrogen-bond donors (Lipinski definition) is 0. The SMILES string of the molecule is COC(=O)C1(C(=O)c2ccc(CC(C)C)cc2)CC1. The third-order valence-corrected chi connectivity index (χ3v) is 3.62. The zero-order valence-corrected chi connectivity index (χ0v) is 11.7. The average molecular weight is 260 g/mol.